The van der Waals surface area contributed by atoms with Gasteiger partial charge >= 0.3 is 5.97 Å². The molecule has 1 aromatic heterocycles. The summed E-state index contributed by atoms with van der Waals surface area (Å²) in [7, 11) is 0. The molecular formula is C7H6FNO2. The fourth-order valence-electron chi connectivity index (χ4n) is 1.15. The summed E-state index contributed by atoms with van der Waals surface area (Å²) in [4.78, 5) is 10.9. The van der Waals surface area contributed by atoms with Gasteiger partial charge in [0.2, 0.25) is 0 Å². The van der Waals surface area contributed by atoms with Crippen LogP contribution in [0.15, 0.2) is 12.1 Å². The molecule has 4 heteroatoms. The Kier molecular flexibility index (Phi) is 1.21. The van der Waals surface area contributed by atoms with Crippen molar-refractivity contribution in [2.24, 2.45) is 0 Å². The van der Waals surface area contributed by atoms with Crippen LogP contribution in [-0.4, -0.2) is 17.1 Å². The van der Waals surface area contributed by atoms with Crippen molar-refractivity contribution < 1.29 is 13.9 Å². The number of cyclic esters (lactones) is 1. The molecule has 0 radical (unpaired) electrons. The number of hydrogen-bond donors (Lipinski definition) is 0. The number of hydrogen-bond acceptors (Lipinski definition) is 2. The third-order valence-electron chi connectivity index (χ3n) is 1.68. The van der Waals surface area contributed by atoms with E-state index in [2.05, 4.69) is 0 Å². The molecular weight excluding hydrogens is 149 g/mol. The number of halogens is 1. The Labute approximate surface area is 62.4 Å². The molecule has 2 rings (SSSR count). The van der Waals surface area contributed by atoms with Gasteiger partial charge in [-0.3, -0.25) is 0 Å². The molecule has 0 unspecified atom stereocenters. The van der Waals surface area contributed by atoms with E-state index in [4.69, 9.17) is 4.74 Å². The highest BCUT2D eigenvalue weighted by Crippen LogP contribution is 2.12. The van der Waals surface area contributed by atoms with Gasteiger partial charge in [0.25, 0.3) is 0 Å². The summed E-state index contributed by atoms with van der Waals surface area (Å²) in [5.74, 6) is -0.822. The van der Waals surface area contributed by atoms with Crippen molar-refractivity contribution >= 4 is 5.97 Å². The summed E-state index contributed by atoms with van der Waals surface area (Å²) in [6.45, 7) is 0.678. The Morgan fingerprint density at radius 2 is 2.36 bits per heavy atom. The van der Waals surface area contributed by atoms with Crippen LogP contribution in [0.25, 0.3) is 0 Å². The Morgan fingerprint density at radius 3 is 3.09 bits per heavy atom. The Hall–Kier alpha value is -1.32. The van der Waals surface area contributed by atoms with Gasteiger partial charge in [-0.2, -0.15) is 4.39 Å². The van der Waals surface area contributed by atoms with Crippen LogP contribution in [0.5, 0.6) is 0 Å². The first kappa shape index (κ1) is 6.39. The van der Waals surface area contributed by atoms with E-state index in [0.29, 0.717) is 12.2 Å². The lowest BCUT2D eigenvalue weighted by atomic mass is 10.4. The van der Waals surface area contributed by atoms with E-state index in [1.54, 1.807) is 0 Å². The van der Waals surface area contributed by atoms with Crippen molar-refractivity contribution in [3.8, 4) is 0 Å². The van der Waals surface area contributed by atoms with E-state index in [1.165, 1.54) is 16.7 Å². The van der Waals surface area contributed by atoms with Crippen LogP contribution in [0.4, 0.5) is 4.39 Å². The molecule has 3 nitrogen and oxygen atoms in total. The van der Waals surface area contributed by atoms with Crippen molar-refractivity contribution in [1.29, 1.82) is 0 Å². The fraction of sp³-hybridized carbons (Fsp3) is 0.286. The minimum absolute atomic E-state index is 0.261. The van der Waals surface area contributed by atoms with Gasteiger partial charge in [0.15, 0.2) is 5.95 Å². The molecule has 0 atom stereocenters. The molecule has 2 heterocycles. The summed E-state index contributed by atoms with van der Waals surface area (Å²) < 4.78 is 18.8. The van der Waals surface area contributed by atoms with Crippen molar-refractivity contribution in [2.75, 3.05) is 6.61 Å². The first-order valence-corrected chi connectivity index (χ1v) is 3.31. The molecule has 1 aliphatic rings. The van der Waals surface area contributed by atoms with Crippen LogP contribution < -0.4 is 0 Å². The maximum absolute atomic E-state index is 12.8. The summed E-state index contributed by atoms with van der Waals surface area (Å²) >= 11 is 0. The first-order valence-electron chi connectivity index (χ1n) is 3.31. The molecule has 0 spiro atoms. The Balaban J connectivity index is 2.55. The predicted octanol–water partition coefficient (Wildman–Crippen LogP) is 0.798. The number of esters is 1. The number of fused-ring (bicyclic) bond motifs is 1. The zero-order valence-corrected chi connectivity index (χ0v) is 5.71. The molecule has 0 amide bonds. The lowest BCUT2D eigenvalue weighted by Crippen LogP contribution is -2.23. The number of ether oxygens (including phenoxy) is 1. The average molecular weight is 155 g/mol. The molecule has 11 heavy (non-hydrogen) atoms. The molecule has 0 N–H and O–H groups in total. The van der Waals surface area contributed by atoms with E-state index in [9.17, 15) is 9.18 Å². The molecule has 0 aliphatic carbocycles. The number of carbonyl (C=O) groups excluding carboxylic acids is 1. The molecule has 1 aliphatic heterocycles. The van der Waals surface area contributed by atoms with E-state index < -0.39 is 5.97 Å². The SMILES string of the molecule is O=C1OCCn2c(F)ccc21. The lowest BCUT2D eigenvalue weighted by molar-refractivity contribution is 0.0412. The molecule has 0 saturated carbocycles. The maximum Gasteiger partial charge on any atom is 0.355 e. The van der Waals surface area contributed by atoms with Crippen LogP contribution in [0, 0.1) is 5.95 Å². The number of nitrogens with zero attached hydrogens (tertiary/aromatic N) is 1. The van der Waals surface area contributed by atoms with Crippen LogP contribution >= 0.6 is 0 Å². The van der Waals surface area contributed by atoms with E-state index in [-0.39, 0.29) is 12.6 Å². The van der Waals surface area contributed by atoms with Gasteiger partial charge in [0.1, 0.15) is 12.3 Å². The highest BCUT2D eigenvalue weighted by molar-refractivity contribution is 5.88. The van der Waals surface area contributed by atoms with Gasteiger partial charge < -0.3 is 9.30 Å². The first-order chi connectivity index (χ1) is 5.29. The second-order valence-corrected chi connectivity index (χ2v) is 2.33. The lowest BCUT2D eigenvalue weighted by Gasteiger charge is -2.14. The average Bonchev–Trinajstić information content (AvgIpc) is 2.35. The van der Waals surface area contributed by atoms with Crippen LogP contribution in [-0.2, 0) is 11.3 Å². The van der Waals surface area contributed by atoms with Gasteiger partial charge in [0.05, 0.1) is 6.54 Å². The number of aromatic nitrogens is 1. The van der Waals surface area contributed by atoms with Gasteiger partial charge in [-0.25, -0.2) is 4.79 Å². The largest absolute Gasteiger partial charge is 0.459 e. The number of carbonyl (C=O) groups is 1. The zero-order valence-electron chi connectivity index (χ0n) is 5.71. The van der Waals surface area contributed by atoms with Crippen molar-refractivity contribution in [3.63, 3.8) is 0 Å². The van der Waals surface area contributed by atoms with E-state index >= 15 is 0 Å². The second kappa shape index (κ2) is 2.08. The third-order valence-corrected chi connectivity index (χ3v) is 1.68. The Morgan fingerprint density at radius 1 is 1.55 bits per heavy atom. The van der Waals surface area contributed by atoms with Crippen molar-refractivity contribution in [1.82, 2.24) is 4.57 Å². The molecule has 0 aromatic carbocycles. The molecule has 0 saturated heterocycles. The van der Waals surface area contributed by atoms with Crippen molar-refractivity contribution in [2.45, 2.75) is 6.54 Å². The minimum Gasteiger partial charge on any atom is -0.459 e. The van der Waals surface area contributed by atoms with Gasteiger partial charge in [-0.15, -0.1) is 0 Å². The molecule has 58 valence electrons. The molecule has 1 aromatic rings. The Bertz CT molecular complexity index is 305. The van der Waals surface area contributed by atoms with Gasteiger partial charge in [0, 0.05) is 0 Å². The molecule has 0 bridgehead atoms. The number of rotatable bonds is 0. The third kappa shape index (κ3) is 0.824. The van der Waals surface area contributed by atoms with E-state index in [1.807, 2.05) is 0 Å². The highest BCUT2D eigenvalue weighted by Gasteiger charge is 2.20. The van der Waals surface area contributed by atoms with Crippen molar-refractivity contribution in [3.05, 3.63) is 23.8 Å². The minimum atomic E-state index is -0.444. The van der Waals surface area contributed by atoms with Crippen LogP contribution in [0.3, 0.4) is 0 Å². The second-order valence-electron chi connectivity index (χ2n) is 2.33. The molecule has 0 fully saturated rings. The van der Waals surface area contributed by atoms with Crippen LogP contribution in [0.2, 0.25) is 0 Å². The smallest absolute Gasteiger partial charge is 0.355 e. The normalized spacial score (nSPS) is 15.9. The predicted molar refractivity (Wildman–Crippen MR) is 34.7 cm³/mol. The zero-order chi connectivity index (χ0) is 7.84. The maximum atomic E-state index is 12.8. The summed E-state index contributed by atoms with van der Waals surface area (Å²) in [5.41, 5.74) is 0.300. The van der Waals surface area contributed by atoms with E-state index in [0.717, 1.165) is 0 Å². The topological polar surface area (TPSA) is 31.2 Å². The summed E-state index contributed by atoms with van der Waals surface area (Å²) in [6.07, 6.45) is 0. The van der Waals surface area contributed by atoms with Gasteiger partial charge in [-0.05, 0) is 12.1 Å². The summed E-state index contributed by atoms with van der Waals surface area (Å²) in [6, 6.07) is 2.69. The standard InChI is InChI=1S/C7H6FNO2/c8-6-2-1-5-7(10)11-4-3-9(5)6/h1-2H,3-4H2. The quantitative estimate of drug-likeness (QED) is 0.519. The van der Waals surface area contributed by atoms with Crippen LogP contribution in [0.1, 0.15) is 10.5 Å². The van der Waals surface area contributed by atoms with Gasteiger partial charge in [-0.1, -0.05) is 0 Å². The highest BCUT2D eigenvalue weighted by atomic mass is 19.1. The monoisotopic (exact) mass is 155 g/mol. The summed E-state index contributed by atoms with van der Waals surface area (Å²) in [5, 5.41) is 0. The fourth-order valence-corrected chi connectivity index (χ4v) is 1.15.